The molecular weight excluding hydrogens is 376 g/mol. The molecule has 152 valence electrons. The normalized spacial score (nSPS) is 12.0. The molecule has 30 heavy (non-hydrogen) atoms. The van der Waals surface area contributed by atoms with E-state index in [1.165, 1.54) is 0 Å². The molecule has 0 aliphatic heterocycles. The first-order valence-electron chi connectivity index (χ1n) is 9.85. The molecule has 0 aliphatic rings. The summed E-state index contributed by atoms with van der Waals surface area (Å²) in [5.74, 6) is 0.186. The number of hydrogen-bond acceptors (Lipinski definition) is 4. The van der Waals surface area contributed by atoms with Gasteiger partial charge in [-0.25, -0.2) is 4.98 Å². The number of para-hydroxylation sites is 1. The summed E-state index contributed by atoms with van der Waals surface area (Å²) < 4.78 is 7.24. The lowest BCUT2D eigenvalue weighted by atomic mass is 10.1. The Bertz CT molecular complexity index is 1210. The zero-order chi connectivity index (χ0) is 21.3. The third-order valence-electron chi connectivity index (χ3n) is 5.36. The number of nitrogens with one attached hydrogen (secondary N) is 1. The highest BCUT2D eigenvalue weighted by atomic mass is 16.5. The predicted molar refractivity (Wildman–Crippen MR) is 118 cm³/mol. The summed E-state index contributed by atoms with van der Waals surface area (Å²) in [5, 5.41) is 8.53. The molecule has 0 saturated carbocycles. The second-order valence-electron chi connectivity index (χ2n) is 7.26. The maximum atomic E-state index is 13.2. The summed E-state index contributed by atoms with van der Waals surface area (Å²) in [4.78, 5) is 17.6. The Morgan fingerprint density at radius 1 is 1.07 bits per heavy atom. The van der Waals surface area contributed by atoms with Crippen molar-refractivity contribution in [3.63, 3.8) is 0 Å². The number of carbonyl (C=O) groups is 1. The maximum Gasteiger partial charge on any atom is 0.256 e. The number of fused-ring (bicyclic) bond motifs is 1. The molecule has 2 heterocycles. The molecule has 0 spiro atoms. The summed E-state index contributed by atoms with van der Waals surface area (Å²) in [6.07, 6.45) is 0. The summed E-state index contributed by atoms with van der Waals surface area (Å²) in [6, 6.07) is 19.4. The van der Waals surface area contributed by atoms with Gasteiger partial charge in [0.1, 0.15) is 0 Å². The second kappa shape index (κ2) is 7.99. The van der Waals surface area contributed by atoms with Crippen LogP contribution in [0.4, 0.5) is 5.69 Å². The quantitative estimate of drug-likeness (QED) is 0.516. The molecule has 1 amide bonds. The fourth-order valence-electron chi connectivity index (χ4n) is 3.72. The number of methoxy groups -OCH3 is 1. The molecule has 4 rings (SSSR count). The van der Waals surface area contributed by atoms with Crippen LogP contribution in [0.2, 0.25) is 0 Å². The molecule has 0 fully saturated rings. The number of carbonyl (C=O) groups excluding carboxylic acids is 1. The van der Waals surface area contributed by atoms with Crippen LogP contribution in [0.15, 0.2) is 60.7 Å². The molecule has 2 aromatic heterocycles. The third kappa shape index (κ3) is 3.52. The van der Waals surface area contributed by atoms with Crippen molar-refractivity contribution in [3.8, 4) is 5.88 Å². The van der Waals surface area contributed by atoms with E-state index in [-0.39, 0.29) is 11.9 Å². The standard InChI is InChI=1S/C24H24N4O2/c1-15-23(17(3)28(27-15)16(2)18-10-6-5-7-11-18)26-24(29)20-14-22(30-4)25-21-13-9-8-12-19(20)21/h5-14,16H,1-4H3,(H,26,29). The van der Waals surface area contributed by atoms with Gasteiger partial charge in [-0.05, 0) is 32.4 Å². The number of hydrogen-bond donors (Lipinski definition) is 1. The molecule has 0 radical (unpaired) electrons. The van der Waals surface area contributed by atoms with Gasteiger partial charge in [0.25, 0.3) is 5.91 Å². The lowest BCUT2D eigenvalue weighted by Gasteiger charge is -2.15. The van der Waals surface area contributed by atoms with Crippen LogP contribution in [0.25, 0.3) is 10.9 Å². The first kappa shape index (κ1) is 19.6. The monoisotopic (exact) mass is 400 g/mol. The molecule has 1 atom stereocenters. The van der Waals surface area contributed by atoms with E-state index < -0.39 is 0 Å². The Morgan fingerprint density at radius 3 is 2.50 bits per heavy atom. The molecule has 1 N–H and O–H groups in total. The van der Waals surface area contributed by atoms with Gasteiger partial charge in [0, 0.05) is 11.5 Å². The van der Waals surface area contributed by atoms with Gasteiger partial charge < -0.3 is 10.1 Å². The summed E-state index contributed by atoms with van der Waals surface area (Å²) in [6.45, 7) is 5.98. The molecule has 4 aromatic rings. The highest BCUT2D eigenvalue weighted by molar-refractivity contribution is 6.13. The van der Waals surface area contributed by atoms with E-state index in [1.807, 2.05) is 61.0 Å². The van der Waals surface area contributed by atoms with Gasteiger partial charge >= 0.3 is 0 Å². The molecule has 6 nitrogen and oxygen atoms in total. The SMILES string of the molecule is COc1cc(C(=O)Nc2c(C)nn(C(C)c3ccccc3)c2C)c2ccccc2n1. The molecular formula is C24H24N4O2. The lowest BCUT2D eigenvalue weighted by molar-refractivity contribution is 0.102. The molecule has 1 unspecified atom stereocenters. The van der Waals surface area contributed by atoms with E-state index >= 15 is 0 Å². The number of nitrogens with zero attached hydrogens (tertiary/aromatic N) is 3. The topological polar surface area (TPSA) is 69.0 Å². The third-order valence-corrected chi connectivity index (χ3v) is 5.36. The zero-order valence-corrected chi connectivity index (χ0v) is 17.5. The molecule has 6 heteroatoms. The van der Waals surface area contributed by atoms with Gasteiger partial charge in [-0.1, -0.05) is 48.5 Å². The van der Waals surface area contributed by atoms with E-state index in [4.69, 9.17) is 9.84 Å². The summed E-state index contributed by atoms with van der Waals surface area (Å²) in [5.41, 5.74) is 4.79. The highest BCUT2D eigenvalue weighted by Crippen LogP contribution is 2.28. The van der Waals surface area contributed by atoms with Gasteiger partial charge in [0.2, 0.25) is 5.88 Å². The lowest BCUT2D eigenvalue weighted by Crippen LogP contribution is -2.15. The molecule has 0 saturated heterocycles. The van der Waals surface area contributed by atoms with Gasteiger partial charge in [0.05, 0.1) is 41.3 Å². The van der Waals surface area contributed by atoms with Crippen molar-refractivity contribution in [1.29, 1.82) is 0 Å². The average molecular weight is 400 g/mol. The van der Waals surface area contributed by atoms with E-state index in [0.717, 1.165) is 28.0 Å². The van der Waals surface area contributed by atoms with E-state index in [9.17, 15) is 4.79 Å². The van der Waals surface area contributed by atoms with Crippen molar-refractivity contribution in [2.24, 2.45) is 0 Å². The highest BCUT2D eigenvalue weighted by Gasteiger charge is 2.20. The largest absolute Gasteiger partial charge is 0.481 e. The van der Waals surface area contributed by atoms with Crippen molar-refractivity contribution in [2.75, 3.05) is 12.4 Å². The molecule has 0 aliphatic carbocycles. The predicted octanol–water partition coefficient (Wildman–Crippen LogP) is 4.92. The zero-order valence-electron chi connectivity index (χ0n) is 17.5. The number of aromatic nitrogens is 3. The van der Waals surface area contributed by atoms with Crippen molar-refractivity contribution in [3.05, 3.63) is 83.2 Å². The van der Waals surface area contributed by atoms with Crippen LogP contribution < -0.4 is 10.1 Å². The number of aryl methyl sites for hydroxylation is 1. The Labute approximate surface area is 175 Å². The number of pyridine rings is 1. The maximum absolute atomic E-state index is 13.2. The second-order valence-corrected chi connectivity index (χ2v) is 7.26. The number of amides is 1. The van der Waals surface area contributed by atoms with Crippen LogP contribution in [0.1, 0.15) is 40.3 Å². The molecule has 0 bridgehead atoms. The van der Waals surface area contributed by atoms with Crippen LogP contribution in [-0.4, -0.2) is 27.8 Å². The minimum Gasteiger partial charge on any atom is -0.481 e. The van der Waals surface area contributed by atoms with Gasteiger partial charge in [-0.3, -0.25) is 9.48 Å². The number of benzene rings is 2. The van der Waals surface area contributed by atoms with Crippen LogP contribution in [0.3, 0.4) is 0 Å². The fourth-order valence-corrected chi connectivity index (χ4v) is 3.72. The summed E-state index contributed by atoms with van der Waals surface area (Å²) >= 11 is 0. The Balaban J connectivity index is 1.70. The minimum atomic E-state index is -0.218. The number of ether oxygens (including phenoxy) is 1. The Kier molecular flexibility index (Phi) is 5.23. The van der Waals surface area contributed by atoms with Crippen LogP contribution in [0.5, 0.6) is 5.88 Å². The van der Waals surface area contributed by atoms with Gasteiger partial charge in [-0.2, -0.15) is 5.10 Å². The first-order valence-corrected chi connectivity index (χ1v) is 9.85. The van der Waals surface area contributed by atoms with Crippen molar-refractivity contribution in [2.45, 2.75) is 26.8 Å². The first-order chi connectivity index (χ1) is 14.5. The number of rotatable bonds is 5. The average Bonchev–Trinajstić information content (AvgIpc) is 3.06. The van der Waals surface area contributed by atoms with Crippen molar-refractivity contribution >= 4 is 22.5 Å². The van der Waals surface area contributed by atoms with E-state index in [2.05, 4.69) is 29.4 Å². The van der Waals surface area contributed by atoms with Crippen LogP contribution in [0, 0.1) is 13.8 Å². The van der Waals surface area contributed by atoms with Crippen molar-refractivity contribution < 1.29 is 9.53 Å². The van der Waals surface area contributed by atoms with Gasteiger partial charge in [0.15, 0.2) is 0 Å². The smallest absolute Gasteiger partial charge is 0.256 e. The molecule has 2 aromatic carbocycles. The Morgan fingerprint density at radius 2 is 1.77 bits per heavy atom. The van der Waals surface area contributed by atoms with Crippen LogP contribution in [-0.2, 0) is 0 Å². The minimum absolute atomic E-state index is 0.0531. The van der Waals surface area contributed by atoms with Gasteiger partial charge in [-0.15, -0.1) is 0 Å². The number of anilines is 1. The van der Waals surface area contributed by atoms with E-state index in [0.29, 0.717) is 17.0 Å². The van der Waals surface area contributed by atoms with Crippen LogP contribution >= 0.6 is 0 Å². The Hall–Kier alpha value is -3.67. The van der Waals surface area contributed by atoms with E-state index in [1.54, 1.807) is 13.2 Å². The van der Waals surface area contributed by atoms with Crippen molar-refractivity contribution in [1.82, 2.24) is 14.8 Å². The fraction of sp³-hybridized carbons (Fsp3) is 0.208. The summed E-state index contributed by atoms with van der Waals surface area (Å²) in [7, 11) is 1.54.